The highest BCUT2D eigenvalue weighted by Gasteiger charge is 2.54. The van der Waals surface area contributed by atoms with E-state index in [1.54, 1.807) is 12.1 Å². The Morgan fingerprint density at radius 1 is 1.10 bits per heavy atom. The zero-order chi connectivity index (χ0) is 22.4. The van der Waals surface area contributed by atoms with Crippen molar-refractivity contribution in [3.8, 4) is 0 Å². The Bertz CT molecular complexity index is 706. The quantitative estimate of drug-likeness (QED) is 0.406. The summed E-state index contributed by atoms with van der Waals surface area (Å²) in [5.74, 6) is -0.371. The number of benzene rings is 1. The maximum atomic E-state index is 12.8. The molecule has 4 atom stereocenters. The van der Waals surface area contributed by atoms with Crippen molar-refractivity contribution in [3.63, 3.8) is 0 Å². The van der Waals surface area contributed by atoms with Crippen LogP contribution in [0.2, 0.25) is 0 Å². The van der Waals surface area contributed by atoms with Crippen LogP contribution in [-0.4, -0.2) is 47.2 Å². The van der Waals surface area contributed by atoms with Gasteiger partial charge in [0.2, 0.25) is 0 Å². The van der Waals surface area contributed by atoms with E-state index >= 15 is 0 Å². The minimum atomic E-state index is -0.283. The zero-order valence-electron chi connectivity index (χ0n) is 19.6. The number of rotatable bonds is 9. The number of nitrogens with zero attached hydrogens (tertiary/aromatic N) is 1. The summed E-state index contributed by atoms with van der Waals surface area (Å²) in [7, 11) is 0. The van der Waals surface area contributed by atoms with E-state index in [0.717, 1.165) is 25.7 Å². The summed E-state index contributed by atoms with van der Waals surface area (Å²) in [6, 6.07) is 9.15. The van der Waals surface area contributed by atoms with Crippen LogP contribution in [0, 0.1) is 5.92 Å². The minimum Gasteiger partial charge on any atom is -0.465 e. The molecule has 1 fully saturated rings. The number of esters is 2. The molecule has 1 aromatic rings. The van der Waals surface area contributed by atoms with E-state index in [2.05, 4.69) is 46.4 Å². The summed E-state index contributed by atoms with van der Waals surface area (Å²) in [6.45, 7) is 13.6. The van der Waals surface area contributed by atoms with E-state index in [9.17, 15) is 9.59 Å². The normalized spacial score (nSPS) is 29.4. The van der Waals surface area contributed by atoms with Gasteiger partial charge in [-0.1, -0.05) is 52.3 Å². The number of hydrogen-bond donors (Lipinski definition) is 0. The predicted octanol–water partition coefficient (Wildman–Crippen LogP) is 5.23. The summed E-state index contributed by atoms with van der Waals surface area (Å²) < 4.78 is 11.5. The fourth-order valence-corrected chi connectivity index (χ4v) is 4.63. The molecule has 1 aliphatic rings. The fraction of sp³-hybridized carbons (Fsp3) is 0.680. The van der Waals surface area contributed by atoms with Crippen molar-refractivity contribution < 1.29 is 19.1 Å². The molecule has 1 saturated heterocycles. The average molecular weight is 418 g/mol. The molecule has 0 spiro atoms. The highest BCUT2D eigenvalue weighted by atomic mass is 16.5. The van der Waals surface area contributed by atoms with Gasteiger partial charge in [-0.15, -0.1) is 0 Å². The Balaban J connectivity index is 2.23. The summed E-state index contributed by atoms with van der Waals surface area (Å²) in [4.78, 5) is 27.7. The molecule has 168 valence electrons. The Hall–Kier alpha value is -1.88. The lowest BCUT2D eigenvalue weighted by atomic mass is 9.68. The molecule has 4 unspecified atom stereocenters. The van der Waals surface area contributed by atoms with E-state index < -0.39 is 0 Å². The van der Waals surface area contributed by atoms with Gasteiger partial charge >= 0.3 is 11.9 Å². The van der Waals surface area contributed by atoms with E-state index in [1.807, 2.05) is 18.2 Å². The van der Waals surface area contributed by atoms with Crippen molar-refractivity contribution in [3.05, 3.63) is 35.9 Å². The minimum absolute atomic E-state index is 0.0817. The first kappa shape index (κ1) is 24.4. The molecule has 0 aliphatic carbocycles. The first-order valence-corrected chi connectivity index (χ1v) is 11.4. The fourth-order valence-electron chi connectivity index (χ4n) is 4.63. The number of hydrogen-bond acceptors (Lipinski definition) is 5. The van der Waals surface area contributed by atoms with Crippen molar-refractivity contribution >= 4 is 11.9 Å². The maximum Gasteiger partial charge on any atom is 0.338 e. The topological polar surface area (TPSA) is 55.8 Å². The Kier molecular flexibility index (Phi) is 8.48. The zero-order valence-corrected chi connectivity index (χ0v) is 19.6. The van der Waals surface area contributed by atoms with Crippen LogP contribution >= 0.6 is 0 Å². The summed E-state index contributed by atoms with van der Waals surface area (Å²) in [6.07, 6.45) is 4.08. The van der Waals surface area contributed by atoms with Gasteiger partial charge < -0.3 is 9.47 Å². The smallest absolute Gasteiger partial charge is 0.338 e. The Morgan fingerprint density at radius 2 is 1.77 bits per heavy atom. The monoisotopic (exact) mass is 417 g/mol. The van der Waals surface area contributed by atoms with Crippen LogP contribution < -0.4 is 0 Å². The van der Waals surface area contributed by atoms with Crippen LogP contribution in [0.5, 0.6) is 0 Å². The number of carbonyl (C=O) groups excluding carboxylic acids is 2. The van der Waals surface area contributed by atoms with Gasteiger partial charge in [-0.3, -0.25) is 9.69 Å². The van der Waals surface area contributed by atoms with E-state index in [0.29, 0.717) is 18.6 Å². The Morgan fingerprint density at radius 3 is 2.33 bits per heavy atom. The highest BCUT2D eigenvalue weighted by molar-refractivity contribution is 5.89. The second-order valence-electron chi connectivity index (χ2n) is 9.02. The van der Waals surface area contributed by atoms with Gasteiger partial charge in [-0.25, -0.2) is 4.79 Å². The number of carbonyl (C=O) groups is 2. The van der Waals surface area contributed by atoms with Crippen LogP contribution in [0.4, 0.5) is 0 Å². The van der Waals surface area contributed by atoms with Gasteiger partial charge in [0.1, 0.15) is 6.10 Å². The molecule has 0 saturated carbocycles. The molecule has 1 heterocycles. The van der Waals surface area contributed by atoms with E-state index in [-0.39, 0.29) is 41.6 Å². The molecule has 1 aromatic carbocycles. The number of ether oxygens (including phenoxy) is 2. The summed E-state index contributed by atoms with van der Waals surface area (Å²) >= 11 is 0. The van der Waals surface area contributed by atoms with Gasteiger partial charge in [0.15, 0.2) is 0 Å². The van der Waals surface area contributed by atoms with Crippen LogP contribution in [-0.2, 0) is 14.3 Å². The Labute approximate surface area is 182 Å². The van der Waals surface area contributed by atoms with Crippen molar-refractivity contribution in [2.24, 2.45) is 5.92 Å². The molecule has 0 amide bonds. The first-order valence-electron chi connectivity index (χ1n) is 11.4. The van der Waals surface area contributed by atoms with E-state index in [1.165, 1.54) is 0 Å². The van der Waals surface area contributed by atoms with Gasteiger partial charge in [0, 0.05) is 23.4 Å². The molecule has 0 radical (unpaired) electrons. The standard InChI is InChI=1S/C25H39NO4/c1-7-10-16-29-22(27)18-26-24(5,8-2)17-21(19(4)25(26,6)9-3)30-23(28)20-14-12-11-13-15-20/h11-15,19,21H,7-10,16-18H2,1-6H3. The third-order valence-electron chi connectivity index (χ3n) is 7.24. The SMILES string of the molecule is CCCCOC(=O)CN1C(C)(CC)CC(OC(=O)c2ccccc2)C(C)C1(C)CC. The third-order valence-corrected chi connectivity index (χ3v) is 7.24. The molecular formula is C25H39NO4. The molecule has 0 bridgehead atoms. The van der Waals surface area contributed by atoms with Crippen LogP contribution in [0.3, 0.4) is 0 Å². The third kappa shape index (κ3) is 5.23. The lowest BCUT2D eigenvalue weighted by Crippen LogP contribution is -2.69. The van der Waals surface area contributed by atoms with Crippen molar-refractivity contribution in [2.75, 3.05) is 13.2 Å². The molecular weight excluding hydrogens is 378 g/mol. The number of piperidine rings is 1. The number of likely N-dealkylation sites (tertiary alicyclic amines) is 1. The largest absolute Gasteiger partial charge is 0.465 e. The number of unbranched alkanes of at least 4 members (excludes halogenated alkanes) is 1. The van der Waals surface area contributed by atoms with Gasteiger partial charge in [0.25, 0.3) is 0 Å². The van der Waals surface area contributed by atoms with Gasteiger partial charge in [-0.05, 0) is 45.2 Å². The van der Waals surface area contributed by atoms with Gasteiger partial charge in [0.05, 0.1) is 18.7 Å². The molecule has 2 rings (SSSR count). The van der Waals surface area contributed by atoms with Crippen molar-refractivity contribution in [1.29, 1.82) is 0 Å². The molecule has 30 heavy (non-hydrogen) atoms. The predicted molar refractivity (Wildman–Crippen MR) is 119 cm³/mol. The molecule has 5 nitrogen and oxygen atoms in total. The molecule has 0 aromatic heterocycles. The summed E-state index contributed by atoms with van der Waals surface area (Å²) in [5.41, 5.74) is 0.0277. The highest BCUT2D eigenvalue weighted by Crippen LogP contribution is 2.46. The summed E-state index contributed by atoms with van der Waals surface area (Å²) in [5, 5.41) is 0. The van der Waals surface area contributed by atoms with Crippen molar-refractivity contribution in [1.82, 2.24) is 4.90 Å². The second-order valence-corrected chi connectivity index (χ2v) is 9.02. The van der Waals surface area contributed by atoms with Gasteiger partial charge in [-0.2, -0.15) is 0 Å². The molecule has 1 aliphatic heterocycles. The van der Waals surface area contributed by atoms with Crippen molar-refractivity contribution in [2.45, 2.75) is 90.8 Å². The second kappa shape index (κ2) is 10.4. The average Bonchev–Trinajstić information content (AvgIpc) is 2.75. The van der Waals surface area contributed by atoms with Crippen LogP contribution in [0.1, 0.15) is 84.0 Å². The van der Waals surface area contributed by atoms with Crippen LogP contribution in [0.15, 0.2) is 30.3 Å². The van der Waals surface area contributed by atoms with E-state index in [4.69, 9.17) is 9.47 Å². The lowest BCUT2D eigenvalue weighted by molar-refractivity contribution is -0.166. The first-order chi connectivity index (χ1) is 14.2. The van der Waals surface area contributed by atoms with Crippen LogP contribution in [0.25, 0.3) is 0 Å². The molecule has 0 N–H and O–H groups in total. The lowest BCUT2D eigenvalue weighted by Gasteiger charge is -2.60. The maximum absolute atomic E-state index is 12.8. The molecule has 5 heteroatoms.